The number of amides is 5. The van der Waals surface area contributed by atoms with Crippen LogP contribution in [-0.4, -0.2) is 88.6 Å². The first-order valence-corrected chi connectivity index (χ1v) is 15.8. The Balaban J connectivity index is 1.93. The molecule has 1 aromatic carbocycles. The number of hydrogen-bond acceptors (Lipinski definition) is 7. The quantitative estimate of drug-likeness (QED) is 0.319. The van der Waals surface area contributed by atoms with Gasteiger partial charge in [-0.3, -0.25) is 28.7 Å². The largest absolute Gasteiger partial charge is 0.497 e. The second-order valence-corrected chi connectivity index (χ2v) is 12.7. The average molecular weight is 640 g/mol. The van der Waals surface area contributed by atoms with Crippen LogP contribution >= 0.6 is 0 Å². The number of rotatable bonds is 9. The predicted molar refractivity (Wildman–Crippen MR) is 172 cm³/mol. The molecule has 2 aromatic rings. The lowest BCUT2D eigenvalue weighted by Crippen LogP contribution is -2.57. The van der Waals surface area contributed by atoms with E-state index in [4.69, 9.17) is 4.74 Å². The molecule has 252 valence electrons. The first kappa shape index (κ1) is 36.1. The van der Waals surface area contributed by atoms with Crippen molar-refractivity contribution < 1.29 is 28.7 Å². The van der Waals surface area contributed by atoms with E-state index in [1.54, 1.807) is 56.2 Å². The van der Waals surface area contributed by atoms with E-state index in [0.29, 0.717) is 18.6 Å². The predicted octanol–water partition coefficient (Wildman–Crippen LogP) is 1.11. The second-order valence-electron chi connectivity index (χ2n) is 12.7. The molecule has 3 rings (SSSR count). The fourth-order valence-corrected chi connectivity index (χ4v) is 5.24. The van der Waals surface area contributed by atoms with Gasteiger partial charge < -0.3 is 30.9 Å². The number of carbonyl (C=O) groups is 5. The summed E-state index contributed by atoms with van der Waals surface area (Å²) in [4.78, 5) is 69.0. The number of methoxy groups -OCH3 is 1. The number of nitrogens with one attached hydrogen (secondary N) is 4. The lowest BCUT2D eigenvalue weighted by molar-refractivity contribution is -0.138. The summed E-state index contributed by atoms with van der Waals surface area (Å²) in [5.74, 6) is -1.71. The monoisotopic (exact) mass is 639 g/mol. The normalized spacial score (nSPS) is 22.0. The molecule has 1 aromatic heterocycles. The summed E-state index contributed by atoms with van der Waals surface area (Å²) in [5, 5.41) is 15.5. The number of benzene rings is 1. The van der Waals surface area contributed by atoms with E-state index in [9.17, 15) is 24.0 Å². The molecule has 1 saturated heterocycles. The van der Waals surface area contributed by atoms with Gasteiger partial charge in [-0.25, -0.2) is 0 Å². The molecule has 0 aliphatic carbocycles. The first-order valence-electron chi connectivity index (χ1n) is 15.8. The topological polar surface area (TPSA) is 164 Å². The molecule has 0 saturated carbocycles. The van der Waals surface area contributed by atoms with Crippen LogP contribution in [0, 0.1) is 11.8 Å². The number of nitrogens with zero attached hydrogens (tertiary/aromatic N) is 3. The van der Waals surface area contributed by atoms with Crippen molar-refractivity contribution in [2.75, 3.05) is 20.2 Å². The van der Waals surface area contributed by atoms with Crippen molar-refractivity contribution in [2.45, 2.75) is 84.5 Å². The minimum atomic E-state index is -1.03. The summed E-state index contributed by atoms with van der Waals surface area (Å²) < 4.78 is 6.92. The lowest BCUT2D eigenvalue weighted by Gasteiger charge is -2.31. The number of aromatic nitrogens is 2. The van der Waals surface area contributed by atoms with Crippen molar-refractivity contribution in [1.29, 1.82) is 0 Å². The van der Waals surface area contributed by atoms with Crippen LogP contribution in [0.5, 0.6) is 5.75 Å². The second kappa shape index (κ2) is 16.8. The smallest absolute Gasteiger partial charge is 0.243 e. The van der Waals surface area contributed by atoms with Crippen LogP contribution in [0.25, 0.3) is 0 Å². The highest BCUT2D eigenvalue weighted by atomic mass is 16.5. The van der Waals surface area contributed by atoms with E-state index in [0.717, 1.165) is 11.3 Å². The molecule has 0 spiro atoms. The fourth-order valence-electron chi connectivity index (χ4n) is 5.24. The molecule has 1 aliphatic heterocycles. The highest BCUT2D eigenvalue weighted by Crippen LogP contribution is 2.15. The number of carbonyl (C=O) groups excluding carboxylic acids is 5. The Morgan fingerprint density at radius 2 is 1.61 bits per heavy atom. The minimum absolute atomic E-state index is 0.0378. The molecule has 0 unspecified atom stereocenters. The Bertz CT molecular complexity index is 1360. The molecular weight excluding hydrogens is 590 g/mol. The Morgan fingerprint density at radius 1 is 0.935 bits per heavy atom. The summed E-state index contributed by atoms with van der Waals surface area (Å²) in [6.45, 7) is 9.02. The third-order valence-electron chi connectivity index (χ3n) is 8.10. The average Bonchev–Trinajstić information content (AvgIpc) is 3.41. The van der Waals surface area contributed by atoms with Crippen LogP contribution in [0.4, 0.5) is 0 Å². The summed E-state index contributed by atoms with van der Waals surface area (Å²) in [5.41, 5.74) is 1.63. The van der Waals surface area contributed by atoms with Gasteiger partial charge in [0.2, 0.25) is 29.5 Å². The van der Waals surface area contributed by atoms with E-state index < -0.39 is 47.8 Å². The lowest BCUT2D eigenvalue weighted by atomic mass is 10.0. The molecule has 0 bridgehead atoms. The van der Waals surface area contributed by atoms with E-state index in [2.05, 4.69) is 26.4 Å². The molecule has 4 atom stereocenters. The van der Waals surface area contributed by atoms with E-state index >= 15 is 0 Å². The summed E-state index contributed by atoms with van der Waals surface area (Å²) >= 11 is 0. The summed E-state index contributed by atoms with van der Waals surface area (Å²) in [6.07, 6.45) is 2.66. The van der Waals surface area contributed by atoms with Gasteiger partial charge in [-0.15, -0.1) is 0 Å². The molecular formula is C33H49N7O6. The van der Waals surface area contributed by atoms with Crippen LogP contribution in [0.15, 0.2) is 36.5 Å². The van der Waals surface area contributed by atoms with Crippen molar-refractivity contribution in [3.63, 3.8) is 0 Å². The zero-order chi connectivity index (χ0) is 34.0. The molecule has 46 heavy (non-hydrogen) atoms. The maximum atomic E-state index is 13.7. The van der Waals surface area contributed by atoms with Crippen LogP contribution in [0.2, 0.25) is 0 Å². The van der Waals surface area contributed by atoms with E-state index in [1.165, 1.54) is 4.90 Å². The van der Waals surface area contributed by atoms with E-state index in [-0.39, 0.29) is 43.7 Å². The van der Waals surface area contributed by atoms with Gasteiger partial charge in [0.05, 0.1) is 13.7 Å². The van der Waals surface area contributed by atoms with Crippen molar-refractivity contribution in [3.8, 4) is 5.75 Å². The van der Waals surface area contributed by atoms with Gasteiger partial charge >= 0.3 is 0 Å². The highest BCUT2D eigenvalue weighted by Gasteiger charge is 2.32. The molecule has 13 heteroatoms. The van der Waals surface area contributed by atoms with E-state index in [1.807, 2.05) is 33.8 Å². The first-order chi connectivity index (χ1) is 21.8. The maximum absolute atomic E-state index is 13.7. The Labute approximate surface area is 271 Å². The zero-order valence-corrected chi connectivity index (χ0v) is 28.0. The van der Waals surface area contributed by atoms with Crippen molar-refractivity contribution in [3.05, 3.63) is 47.8 Å². The van der Waals surface area contributed by atoms with Crippen LogP contribution in [-0.2, 0) is 43.9 Å². The van der Waals surface area contributed by atoms with Gasteiger partial charge in [-0.2, -0.15) is 5.10 Å². The molecule has 0 radical (unpaired) electrons. The van der Waals surface area contributed by atoms with Gasteiger partial charge in [0.25, 0.3) is 0 Å². The van der Waals surface area contributed by atoms with Crippen LogP contribution < -0.4 is 26.0 Å². The molecule has 5 amide bonds. The molecule has 4 N–H and O–H groups in total. The third-order valence-corrected chi connectivity index (χ3v) is 8.10. The number of ether oxygens (including phenoxy) is 1. The zero-order valence-electron chi connectivity index (χ0n) is 28.0. The Hall–Kier alpha value is -4.42. The van der Waals surface area contributed by atoms with Gasteiger partial charge in [0.1, 0.15) is 23.9 Å². The van der Waals surface area contributed by atoms with Crippen molar-refractivity contribution in [1.82, 2.24) is 35.9 Å². The minimum Gasteiger partial charge on any atom is -0.497 e. The third kappa shape index (κ3) is 10.6. The van der Waals surface area contributed by atoms with Gasteiger partial charge in [0, 0.05) is 44.4 Å². The molecule has 1 fully saturated rings. The van der Waals surface area contributed by atoms with Gasteiger partial charge in [0.15, 0.2) is 0 Å². The highest BCUT2D eigenvalue weighted by molar-refractivity contribution is 5.95. The van der Waals surface area contributed by atoms with Crippen molar-refractivity contribution >= 4 is 29.5 Å². The molecule has 1 aliphatic rings. The Morgan fingerprint density at radius 3 is 2.20 bits per heavy atom. The fraction of sp³-hybridized carbons (Fsp3) is 0.576. The number of hydrogen-bond donors (Lipinski definition) is 4. The number of aryl methyl sites for hydroxylation is 2. The van der Waals surface area contributed by atoms with Crippen LogP contribution in [0.1, 0.15) is 58.7 Å². The van der Waals surface area contributed by atoms with Crippen molar-refractivity contribution in [2.24, 2.45) is 18.9 Å². The molecule has 2 heterocycles. The standard InChI is InChI=1S/C33H49N7O6/c1-20(2)16-26-33(45)37-27(17-23-8-11-25(46-7)12-9-23)32(44)35-22(5)31(43)38-28(21(3)4)18-40(19-29(41)36-26)30(42)13-10-24-14-15-34-39(24)6/h8-9,11-12,14-15,20-22,26-28H,10,13,16-19H2,1-7H3,(H,35,44)(H,36,41)(H,37,45)(H,38,43)/t22-,26+,27+,28-/m1/s1. The Kier molecular flexibility index (Phi) is 13.1. The maximum Gasteiger partial charge on any atom is 0.243 e. The summed E-state index contributed by atoms with van der Waals surface area (Å²) in [6, 6.07) is 5.52. The van der Waals surface area contributed by atoms with Gasteiger partial charge in [-0.1, -0.05) is 39.8 Å². The SMILES string of the molecule is COc1ccc(C[C@@H]2NC(=O)[C@H](CC(C)C)NC(=O)CN(C(=O)CCc3ccnn3C)C[C@H](C(C)C)NC(=O)[C@@H](C)NC2=O)cc1. The summed E-state index contributed by atoms with van der Waals surface area (Å²) in [7, 11) is 3.35. The van der Waals surface area contributed by atoms with Crippen LogP contribution in [0.3, 0.4) is 0 Å². The van der Waals surface area contributed by atoms with Gasteiger partial charge in [-0.05, 0) is 55.4 Å². The molecule has 13 nitrogen and oxygen atoms in total.